The lowest BCUT2D eigenvalue weighted by Gasteiger charge is -2.06. The van der Waals surface area contributed by atoms with Gasteiger partial charge in [0.25, 0.3) is 0 Å². The summed E-state index contributed by atoms with van der Waals surface area (Å²) in [5.41, 5.74) is 1.79. The van der Waals surface area contributed by atoms with Crippen molar-refractivity contribution in [3.05, 3.63) is 54.2 Å². The van der Waals surface area contributed by atoms with E-state index in [1.165, 1.54) is 31.0 Å². The fourth-order valence-corrected chi connectivity index (χ4v) is 2.41. The number of nitrogens with zero attached hydrogens (tertiary/aromatic N) is 1. The fourth-order valence-electron chi connectivity index (χ4n) is 2.41. The number of unbranched alkanes of at least 4 members (excludes halogenated alkanes) is 4. The van der Waals surface area contributed by atoms with Gasteiger partial charge in [0.15, 0.2) is 0 Å². The Hall–Kier alpha value is -1.85. The zero-order valence-corrected chi connectivity index (χ0v) is 13.4. The highest BCUT2D eigenvalue weighted by molar-refractivity contribution is 6.58. The molecule has 5 heteroatoms. The summed E-state index contributed by atoms with van der Waals surface area (Å²) in [6.45, 7) is 0.646. The zero-order valence-electron chi connectivity index (χ0n) is 13.4. The highest BCUT2D eigenvalue weighted by atomic mass is 16.5. The van der Waals surface area contributed by atoms with Crippen LogP contribution >= 0.6 is 0 Å². The Labute approximate surface area is 138 Å². The number of aromatic nitrogens is 1. The van der Waals surface area contributed by atoms with Crippen LogP contribution in [-0.4, -0.2) is 28.8 Å². The van der Waals surface area contributed by atoms with Crippen molar-refractivity contribution >= 4 is 12.6 Å². The monoisotopic (exact) mass is 313 g/mol. The van der Waals surface area contributed by atoms with Crippen molar-refractivity contribution in [3.8, 4) is 5.88 Å². The van der Waals surface area contributed by atoms with Crippen LogP contribution in [0.25, 0.3) is 0 Å². The molecule has 0 aliphatic carbocycles. The Morgan fingerprint density at radius 3 is 2.30 bits per heavy atom. The summed E-state index contributed by atoms with van der Waals surface area (Å²) in [5, 5.41) is 18.0. The summed E-state index contributed by atoms with van der Waals surface area (Å²) in [6.07, 6.45) is 8.44. The molecule has 0 unspecified atom stereocenters. The Balaban J connectivity index is 1.49. The van der Waals surface area contributed by atoms with E-state index in [-0.39, 0.29) is 0 Å². The minimum Gasteiger partial charge on any atom is -0.478 e. The third-order valence-electron chi connectivity index (χ3n) is 3.76. The molecule has 0 radical (unpaired) electrons. The molecule has 0 aliphatic rings. The van der Waals surface area contributed by atoms with Gasteiger partial charge in [-0.15, -0.1) is 0 Å². The predicted octanol–water partition coefficient (Wildman–Crippen LogP) is 2.33. The van der Waals surface area contributed by atoms with E-state index in [4.69, 9.17) is 14.8 Å². The van der Waals surface area contributed by atoms with Crippen molar-refractivity contribution in [2.45, 2.75) is 38.5 Å². The molecule has 1 aromatic heterocycles. The SMILES string of the molecule is OB(O)c1ccc(OCCCCCCCc2ccccc2)nc1. The molecule has 1 heterocycles. The van der Waals surface area contributed by atoms with Crippen LogP contribution in [0.4, 0.5) is 0 Å². The highest BCUT2D eigenvalue weighted by Gasteiger charge is 2.10. The van der Waals surface area contributed by atoms with Gasteiger partial charge in [0.2, 0.25) is 5.88 Å². The summed E-state index contributed by atoms with van der Waals surface area (Å²) in [7, 11) is -1.48. The molecule has 0 atom stereocenters. The van der Waals surface area contributed by atoms with Gasteiger partial charge in [0, 0.05) is 11.7 Å². The van der Waals surface area contributed by atoms with Gasteiger partial charge >= 0.3 is 7.12 Å². The van der Waals surface area contributed by atoms with Crippen LogP contribution in [0.2, 0.25) is 0 Å². The quantitative estimate of drug-likeness (QED) is 0.522. The Bertz CT molecular complexity index is 546. The molecule has 0 amide bonds. The molecule has 23 heavy (non-hydrogen) atoms. The van der Waals surface area contributed by atoms with E-state index in [9.17, 15) is 0 Å². The average Bonchev–Trinajstić information content (AvgIpc) is 2.58. The van der Waals surface area contributed by atoms with E-state index in [1.807, 2.05) is 0 Å². The van der Waals surface area contributed by atoms with E-state index in [0.717, 1.165) is 19.3 Å². The lowest BCUT2D eigenvalue weighted by molar-refractivity contribution is 0.293. The maximum absolute atomic E-state index is 8.98. The number of ether oxygens (including phenoxy) is 1. The van der Waals surface area contributed by atoms with Crippen LogP contribution in [0.1, 0.15) is 37.7 Å². The summed E-state index contributed by atoms with van der Waals surface area (Å²) < 4.78 is 5.54. The van der Waals surface area contributed by atoms with E-state index >= 15 is 0 Å². The van der Waals surface area contributed by atoms with Crippen LogP contribution in [0.5, 0.6) is 5.88 Å². The highest BCUT2D eigenvalue weighted by Crippen LogP contribution is 2.09. The number of pyridine rings is 1. The average molecular weight is 313 g/mol. The summed E-state index contributed by atoms with van der Waals surface area (Å²) in [6, 6.07) is 13.9. The number of hydrogen-bond donors (Lipinski definition) is 2. The minimum atomic E-state index is -1.48. The molecule has 4 nitrogen and oxygen atoms in total. The Morgan fingerprint density at radius 1 is 0.870 bits per heavy atom. The second-order valence-corrected chi connectivity index (χ2v) is 5.66. The van der Waals surface area contributed by atoms with Crippen LogP contribution in [0, 0.1) is 0 Å². The number of hydrogen-bond acceptors (Lipinski definition) is 4. The van der Waals surface area contributed by atoms with Gasteiger partial charge in [-0.05, 0) is 30.9 Å². The minimum absolute atomic E-state index is 0.371. The summed E-state index contributed by atoms with van der Waals surface area (Å²) in [4.78, 5) is 4.04. The van der Waals surface area contributed by atoms with E-state index < -0.39 is 7.12 Å². The lowest BCUT2D eigenvalue weighted by atomic mass is 9.82. The number of rotatable bonds is 10. The van der Waals surface area contributed by atoms with Crippen molar-refractivity contribution in [3.63, 3.8) is 0 Å². The largest absolute Gasteiger partial charge is 0.490 e. The topological polar surface area (TPSA) is 62.6 Å². The second-order valence-electron chi connectivity index (χ2n) is 5.66. The first kappa shape index (κ1) is 17.5. The van der Waals surface area contributed by atoms with Gasteiger partial charge in [-0.25, -0.2) is 4.98 Å². The van der Waals surface area contributed by atoms with Crippen molar-refractivity contribution in [1.82, 2.24) is 4.98 Å². The second kappa shape index (κ2) is 10.0. The Morgan fingerprint density at radius 2 is 1.61 bits per heavy atom. The van der Waals surface area contributed by atoms with Crippen molar-refractivity contribution in [2.75, 3.05) is 6.61 Å². The van der Waals surface area contributed by atoms with Crippen LogP contribution in [0.3, 0.4) is 0 Å². The van der Waals surface area contributed by atoms with E-state index in [2.05, 4.69) is 35.3 Å². The molecule has 0 bridgehead atoms. The van der Waals surface area contributed by atoms with Crippen LogP contribution < -0.4 is 10.2 Å². The number of aryl methyl sites for hydroxylation is 1. The molecular weight excluding hydrogens is 289 g/mol. The molecule has 0 saturated carbocycles. The molecule has 1 aromatic carbocycles. The number of benzene rings is 1. The molecule has 0 aliphatic heterocycles. The first-order chi connectivity index (χ1) is 11.3. The maximum atomic E-state index is 8.98. The fraction of sp³-hybridized carbons (Fsp3) is 0.389. The van der Waals surface area contributed by atoms with Crippen molar-refractivity contribution in [1.29, 1.82) is 0 Å². The molecule has 0 fully saturated rings. The van der Waals surface area contributed by atoms with E-state index in [1.54, 1.807) is 12.1 Å². The standard InChI is InChI=1S/C18H24BNO3/c21-19(22)17-12-13-18(20-15-17)23-14-8-3-1-2-5-9-16-10-6-4-7-11-16/h4,6-7,10-13,15,21-22H,1-3,5,8-9,14H2. The first-order valence-electron chi connectivity index (χ1n) is 8.24. The third kappa shape index (κ3) is 6.84. The summed E-state index contributed by atoms with van der Waals surface area (Å²) >= 11 is 0. The molecule has 0 saturated heterocycles. The molecule has 122 valence electrons. The van der Waals surface area contributed by atoms with Gasteiger partial charge in [-0.1, -0.05) is 55.7 Å². The third-order valence-corrected chi connectivity index (χ3v) is 3.76. The zero-order chi connectivity index (χ0) is 16.3. The lowest BCUT2D eigenvalue weighted by Crippen LogP contribution is -2.29. The summed E-state index contributed by atoms with van der Waals surface area (Å²) in [5.74, 6) is 0.526. The van der Waals surface area contributed by atoms with Crippen LogP contribution in [0.15, 0.2) is 48.7 Å². The van der Waals surface area contributed by atoms with E-state index in [0.29, 0.717) is 17.9 Å². The van der Waals surface area contributed by atoms with Gasteiger partial charge < -0.3 is 14.8 Å². The molecule has 0 spiro atoms. The first-order valence-corrected chi connectivity index (χ1v) is 8.24. The van der Waals surface area contributed by atoms with Gasteiger partial charge in [-0.3, -0.25) is 0 Å². The van der Waals surface area contributed by atoms with Gasteiger partial charge in [0.1, 0.15) is 0 Å². The van der Waals surface area contributed by atoms with Crippen LogP contribution in [-0.2, 0) is 6.42 Å². The smallest absolute Gasteiger partial charge is 0.478 e. The van der Waals surface area contributed by atoms with Gasteiger partial charge in [0.05, 0.1) is 6.61 Å². The van der Waals surface area contributed by atoms with Gasteiger partial charge in [-0.2, -0.15) is 0 Å². The normalized spacial score (nSPS) is 10.5. The molecular formula is C18H24BNO3. The predicted molar refractivity (Wildman–Crippen MR) is 92.8 cm³/mol. The van der Waals surface area contributed by atoms with Crippen molar-refractivity contribution < 1.29 is 14.8 Å². The molecule has 2 rings (SSSR count). The molecule has 2 N–H and O–H groups in total. The maximum Gasteiger partial charge on any atom is 0.490 e. The molecule has 2 aromatic rings. The van der Waals surface area contributed by atoms with Crippen molar-refractivity contribution in [2.24, 2.45) is 0 Å². The Kier molecular flexibility index (Phi) is 7.63.